The number of hydrogen-bond donors (Lipinski definition) is 4. The number of nitrogens with two attached hydrogens (primary N) is 1. The number of fused-ring (bicyclic) bond motifs is 1. The standard InChI is InChI=1S/C19H23N5O5.ClH/c20-8-1-2-9-21-15(26)10-22-12-5-3-4-11-16(12)19(29)24(18(11)28)13-6-7-14(25)23-17(13)27;/h3-5,13,22H,1-2,6-10,20H2,(H,21,26)(H,23,25,27);1H. The Labute approximate surface area is 179 Å². The number of anilines is 1. The van der Waals surface area contributed by atoms with Crippen LogP contribution in [0, 0.1) is 0 Å². The Bertz CT molecular complexity index is 875. The molecular weight excluding hydrogens is 414 g/mol. The van der Waals surface area contributed by atoms with Gasteiger partial charge in [0, 0.05) is 18.7 Å². The summed E-state index contributed by atoms with van der Waals surface area (Å²) in [5.74, 6) is -2.55. The van der Waals surface area contributed by atoms with Crippen molar-refractivity contribution in [2.24, 2.45) is 5.73 Å². The fourth-order valence-corrected chi connectivity index (χ4v) is 3.40. The largest absolute Gasteiger partial charge is 0.375 e. The molecule has 0 aromatic heterocycles. The summed E-state index contributed by atoms with van der Waals surface area (Å²) in [7, 11) is 0. The predicted molar refractivity (Wildman–Crippen MR) is 110 cm³/mol. The maximum Gasteiger partial charge on any atom is 0.264 e. The van der Waals surface area contributed by atoms with Crippen LogP contribution >= 0.6 is 12.4 Å². The van der Waals surface area contributed by atoms with E-state index in [4.69, 9.17) is 5.73 Å². The molecule has 0 aliphatic carbocycles. The van der Waals surface area contributed by atoms with Crippen LogP contribution in [0.2, 0.25) is 0 Å². The minimum atomic E-state index is -1.03. The number of unbranched alkanes of at least 4 members (excludes halogenated alkanes) is 1. The Morgan fingerprint density at radius 2 is 1.93 bits per heavy atom. The third kappa shape index (κ3) is 4.77. The van der Waals surface area contributed by atoms with E-state index in [0.717, 1.165) is 17.7 Å². The summed E-state index contributed by atoms with van der Waals surface area (Å²) in [4.78, 5) is 62.0. The second-order valence-corrected chi connectivity index (χ2v) is 6.87. The molecule has 1 saturated heterocycles. The summed E-state index contributed by atoms with van der Waals surface area (Å²) < 4.78 is 0. The van der Waals surface area contributed by atoms with Crippen LogP contribution in [0.1, 0.15) is 46.4 Å². The summed E-state index contributed by atoms with van der Waals surface area (Å²) in [5, 5.41) is 7.79. The van der Waals surface area contributed by atoms with Gasteiger partial charge in [-0.2, -0.15) is 0 Å². The van der Waals surface area contributed by atoms with Gasteiger partial charge in [0.1, 0.15) is 6.04 Å². The van der Waals surface area contributed by atoms with Crippen LogP contribution in [0.15, 0.2) is 18.2 Å². The first-order chi connectivity index (χ1) is 13.9. The number of imide groups is 2. The third-order valence-corrected chi connectivity index (χ3v) is 4.86. The van der Waals surface area contributed by atoms with Crippen LogP contribution < -0.4 is 21.7 Å². The van der Waals surface area contributed by atoms with Crippen molar-refractivity contribution in [2.45, 2.75) is 31.7 Å². The lowest BCUT2D eigenvalue weighted by atomic mass is 10.0. The summed E-state index contributed by atoms with van der Waals surface area (Å²) in [6.45, 7) is 0.994. The van der Waals surface area contributed by atoms with Crippen molar-refractivity contribution in [1.82, 2.24) is 15.5 Å². The number of carbonyl (C=O) groups is 5. The second-order valence-electron chi connectivity index (χ2n) is 6.87. The normalized spacial score (nSPS) is 17.9. The molecule has 0 saturated carbocycles. The number of nitrogens with zero attached hydrogens (tertiary/aromatic N) is 1. The summed E-state index contributed by atoms with van der Waals surface area (Å²) in [5.41, 5.74) is 6.03. The molecule has 2 aliphatic heterocycles. The third-order valence-electron chi connectivity index (χ3n) is 4.86. The van der Waals surface area contributed by atoms with E-state index in [1.54, 1.807) is 12.1 Å². The van der Waals surface area contributed by atoms with E-state index >= 15 is 0 Å². The minimum absolute atomic E-state index is 0. The van der Waals surface area contributed by atoms with Gasteiger partial charge in [-0.15, -0.1) is 12.4 Å². The maximum absolute atomic E-state index is 12.9. The van der Waals surface area contributed by atoms with Gasteiger partial charge < -0.3 is 16.4 Å². The van der Waals surface area contributed by atoms with Crippen LogP contribution in [-0.2, 0) is 14.4 Å². The Hall–Kier alpha value is -2.98. The van der Waals surface area contributed by atoms with Gasteiger partial charge in [-0.1, -0.05) is 6.07 Å². The van der Waals surface area contributed by atoms with Crippen molar-refractivity contribution in [2.75, 3.05) is 25.0 Å². The fourth-order valence-electron chi connectivity index (χ4n) is 3.40. The Morgan fingerprint density at radius 3 is 2.63 bits per heavy atom. The van der Waals surface area contributed by atoms with Crippen molar-refractivity contribution in [1.29, 1.82) is 0 Å². The lowest BCUT2D eigenvalue weighted by Crippen LogP contribution is -2.54. The van der Waals surface area contributed by atoms with Crippen LogP contribution in [-0.4, -0.2) is 60.1 Å². The minimum Gasteiger partial charge on any atom is -0.375 e. The van der Waals surface area contributed by atoms with Crippen molar-refractivity contribution >= 4 is 47.6 Å². The summed E-state index contributed by atoms with van der Waals surface area (Å²) in [6, 6.07) is 3.66. The number of rotatable bonds is 8. The highest BCUT2D eigenvalue weighted by atomic mass is 35.5. The number of nitrogens with one attached hydrogen (secondary N) is 3. The molecule has 30 heavy (non-hydrogen) atoms. The Kier molecular flexibility index (Phi) is 7.90. The van der Waals surface area contributed by atoms with Gasteiger partial charge in [0.25, 0.3) is 11.8 Å². The molecule has 0 bridgehead atoms. The van der Waals surface area contributed by atoms with Crippen LogP contribution in [0.25, 0.3) is 0 Å². The molecule has 1 fully saturated rings. The topological polar surface area (TPSA) is 151 Å². The van der Waals surface area contributed by atoms with Gasteiger partial charge in [0.2, 0.25) is 17.7 Å². The molecule has 5 N–H and O–H groups in total. The molecule has 3 rings (SSSR count). The number of carbonyl (C=O) groups excluding carboxylic acids is 5. The zero-order valence-electron chi connectivity index (χ0n) is 16.2. The fraction of sp³-hybridized carbons (Fsp3) is 0.421. The smallest absolute Gasteiger partial charge is 0.264 e. The number of halogens is 1. The zero-order chi connectivity index (χ0) is 21.0. The predicted octanol–water partition coefficient (Wildman–Crippen LogP) is -0.223. The van der Waals surface area contributed by atoms with Crippen molar-refractivity contribution in [3.8, 4) is 0 Å². The van der Waals surface area contributed by atoms with Gasteiger partial charge in [0.05, 0.1) is 17.7 Å². The van der Waals surface area contributed by atoms with E-state index in [-0.39, 0.29) is 48.8 Å². The number of benzene rings is 1. The summed E-state index contributed by atoms with van der Waals surface area (Å²) in [6.07, 6.45) is 1.73. The molecule has 162 valence electrons. The van der Waals surface area contributed by atoms with E-state index in [9.17, 15) is 24.0 Å². The lowest BCUT2D eigenvalue weighted by molar-refractivity contribution is -0.136. The average molecular weight is 438 g/mol. The van der Waals surface area contributed by atoms with E-state index < -0.39 is 29.7 Å². The summed E-state index contributed by atoms with van der Waals surface area (Å²) >= 11 is 0. The van der Waals surface area contributed by atoms with Crippen LogP contribution in [0.3, 0.4) is 0 Å². The Balaban J connectivity index is 0.00000320. The van der Waals surface area contributed by atoms with E-state index in [2.05, 4.69) is 16.0 Å². The molecule has 5 amide bonds. The Morgan fingerprint density at radius 1 is 1.17 bits per heavy atom. The highest BCUT2D eigenvalue weighted by Crippen LogP contribution is 2.32. The zero-order valence-corrected chi connectivity index (χ0v) is 17.0. The monoisotopic (exact) mass is 437 g/mol. The highest BCUT2D eigenvalue weighted by Gasteiger charge is 2.45. The lowest BCUT2D eigenvalue weighted by Gasteiger charge is -2.27. The van der Waals surface area contributed by atoms with E-state index in [0.29, 0.717) is 18.8 Å². The van der Waals surface area contributed by atoms with Crippen molar-refractivity contribution in [3.05, 3.63) is 29.3 Å². The van der Waals surface area contributed by atoms with Gasteiger partial charge in [-0.25, -0.2) is 0 Å². The second kappa shape index (κ2) is 10.2. The van der Waals surface area contributed by atoms with E-state index in [1.807, 2.05) is 0 Å². The van der Waals surface area contributed by atoms with Gasteiger partial charge >= 0.3 is 0 Å². The molecular formula is C19H24ClN5O5. The first kappa shape index (κ1) is 23.3. The van der Waals surface area contributed by atoms with Gasteiger partial charge in [0.15, 0.2) is 0 Å². The van der Waals surface area contributed by atoms with Crippen LogP contribution in [0.4, 0.5) is 5.69 Å². The van der Waals surface area contributed by atoms with Gasteiger partial charge in [-0.05, 0) is 37.9 Å². The molecule has 1 aromatic carbocycles. The molecule has 2 aliphatic rings. The molecule has 1 unspecified atom stereocenters. The molecule has 1 atom stereocenters. The molecule has 0 spiro atoms. The SMILES string of the molecule is Cl.NCCCCNC(=O)CNc1cccc2c1C(=O)N(C1CCC(=O)NC1=O)C2=O. The van der Waals surface area contributed by atoms with E-state index in [1.165, 1.54) is 6.07 Å². The quantitative estimate of drug-likeness (QED) is 0.324. The molecule has 1 aromatic rings. The molecule has 10 nitrogen and oxygen atoms in total. The molecule has 0 radical (unpaired) electrons. The van der Waals surface area contributed by atoms with Crippen molar-refractivity contribution in [3.63, 3.8) is 0 Å². The maximum atomic E-state index is 12.9. The number of hydrogen-bond acceptors (Lipinski definition) is 7. The van der Waals surface area contributed by atoms with Crippen molar-refractivity contribution < 1.29 is 24.0 Å². The number of amides is 5. The molecule has 11 heteroatoms. The molecule has 2 heterocycles. The first-order valence-corrected chi connectivity index (χ1v) is 9.49. The van der Waals surface area contributed by atoms with Crippen LogP contribution in [0.5, 0.6) is 0 Å². The number of piperidine rings is 1. The van der Waals surface area contributed by atoms with Gasteiger partial charge in [-0.3, -0.25) is 34.2 Å². The highest BCUT2D eigenvalue weighted by molar-refractivity contribution is 6.25. The first-order valence-electron chi connectivity index (χ1n) is 9.49. The average Bonchev–Trinajstić information content (AvgIpc) is 2.95.